The summed E-state index contributed by atoms with van der Waals surface area (Å²) in [6.07, 6.45) is 0.920. The van der Waals surface area contributed by atoms with Gasteiger partial charge in [0.15, 0.2) is 0 Å². The monoisotopic (exact) mass is 361 g/mol. The Hall–Kier alpha value is -0.910. The molecule has 22 heavy (non-hydrogen) atoms. The smallest absolute Gasteiger partial charge is 0.305 e. The van der Waals surface area contributed by atoms with Crippen LogP contribution in [0.2, 0.25) is 10.0 Å². The zero-order valence-electron chi connectivity index (χ0n) is 11.9. The van der Waals surface area contributed by atoms with Gasteiger partial charge < -0.3 is 10.0 Å². The maximum Gasteiger partial charge on any atom is 0.305 e. The van der Waals surface area contributed by atoms with Crippen molar-refractivity contribution in [3.05, 3.63) is 33.8 Å². The predicted molar refractivity (Wildman–Crippen MR) is 89.9 cm³/mol. The topological polar surface area (TPSA) is 57.6 Å². The van der Waals surface area contributed by atoms with Crippen LogP contribution in [0.15, 0.2) is 18.2 Å². The van der Waals surface area contributed by atoms with Crippen molar-refractivity contribution in [1.29, 1.82) is 0 Å². The Balaban J connectivity index is 1.94. The zero-order chi connectivity index (χ0) is 16.1. The van der Waals surface area contributed by atoms with Gasteiger partial charge in [0, 0.05) is 24.5 Å². The number of rotatable bonds is 5. The van der Waals surface area contributed by atoms with Gasteiger partial charge in [-0.2, -0.15) is 11.8 Å². The van der Waals surface area contributed by atoms with Gasteiger partial charge in [-0.25, -0.2) is 0 Å². The van der Waals surface area contributed by atoms with Crippen LogP contribution < -0.4 is 0 Å². The number of carbonyl (C=O) groups excluding carboxylic acids is 1. The van der Waals surface area contributed by atoms with Gasteiger partial charge in [-0.3, -0.25) is 9.59 Å². The number of nitrogens with zero attached hydrogens (tertiary/aromatic N) is 1. The molecule has 1 N–H and O–H groups in total. The van der Waals surface area contributed by atoms with E-state index in [2.05, 4.69) is 0 Å². The lowest BCUT2D eigenvalue weighted by Gasteiger charge is -2.34. The summed E-state index contributed by atoms with van der Waals surface area (Å²) >= 11 is 13.5. The van der Waals surface area contributed by atoms with Gasteiger partial charge >= 0.3 is 5.97 Å². The zero-order valence-corrected chi connectivity index (χ0v) is 14.3. The number of carboxylic acids is 1. The Morgan fingerprint density at radius 1 is 1.32 bits per heavy atom. The van der Waals surface area contributed by atoms with Gasteiger partial charge in [-0.1, -0.05) is 29.3 Å². The second kappa shape index (κ2) is 8.09. The first kappa shape index (κ1) is 17.4. The fraction of sp³-hybridized carbons (Fsp3) is 0.467. The van der Waals surface area contributed by atoms with Crippen LogP contribution >= 0.6 is 35.0 Å². The summed E-state index contributed by atoms with van der Waals surface area (Å²) in [4.78, 5) is 25.0. The van der Waals surface area contributed by atoms with Crippen LogP contribution in [0.25, 0.3) is 0 Å². The summed E-state index contributed by atoms with van der Waals surface area (Å²) in [5, 5.41) is 9.92. The van der Waals surface area contributed by atoms with Gasteiger partial charge in [0.25, 0.3) is 0 Å². The van der Waals surface area contributed by atoms with Crippen molar-refractivity contribution < 1.29 is 14.7 Å². The number of halogens is 2. The van der Waals surface area contributed by atoms with E-state index in [-0.39, 0.29) is 18.4 Å². The molecule has 0 aliphatic carbocycles. The van der Waals surface area contributed by atoms with E-state index in [1.54, 1.807) is 28.8 Å². The number of carbonyl (C=O) groups is 2. The lowest BCUT2D eigenvalue weighted by Crippen LogP contribution is -2.47. The number of thioether (sulfide) groups is 1. The first-order chi connectivity index (χ1) is 10.5. The van der Waals surface area contributed by atoms with E-state index in [4.69, 9.17) is 28.3 Å². The number of hydrogen-bond acceptors (Lipinski definition) is 3. The van der Waals surface area contributed by atoms with Crippen LogP contribution in [0, 0.1) is 0 Å². The third-order valence-electron chi connectivity index (χ3n) is 3.57. The van der Waals surface area contributed by atoms with Crippen molar-refractivity contribution in [3.8, 4) is 0 Å². The summed E-state index contributed by atoms with van der Waals surface area (Å²) in [5.41, 5.74) is 0.948. The summed E-state index contributed by atoms with van der Waals surface area (Å²) in [7, 11) is 0. The van der Waals surface area contributed by atoms with Crippen molar-refractivity contribution in [2.45, 2.75) is 25.3 Å². The fourth-order valence-electron chi connectivity index (χ4n) is 2.44. The molecule has 1 aromatic rings. The number of aliphatic carboxylic acids is 1. The van der Waals surface area contributed by atoms with Crippen LogP contribution in [0.3, 0.4) is 0 Å². The van der Waals surface area contributed by atoms with Crippen molar-refractivity contribution in [2.24, 2.45) is 0 Å². The SMILES string of the molecule is O=C(O)CC1CSCCN1C(=O)CCc1ccc(Cl)c(Cl)c1. The van der Waals surface area contributed by atoms with Gasteiger partial charge in [0.2, 0.25) is 5.91 Å². The fourth-order valence-corrected chi connectivity index (χ4v) is 3.83. The highest BCUT2D eigenvalue weighted by atomic mass is 35.5. The Labute approximate surface area is 143 Å². The van der Waals surface area contributed by atoms with Gasteiger partial charge in [0.05, 0.1) is 22.5 Å². The normalized spacial score (nSPS) is 18.3. The molecule has 0 spiro atoms. The largest absolute Gasteiger partial charge is 0.481 e. The third kappa shape index (κ3) is 4.80. The van der Waals surface area contributed by atoms with Crippen molar-refractivity contribution in [1.82, 2.24) is 4.90 Å². The molecule has 1 fully saturated rings. The highest BCUT2D eigenvalue weighted by molar-refractivity contribution is 7.99. The highest BCUT2D eigenvalue weighted by Gasteiger charge is 2.28. The molecule has 1 atom stereocenters. The average molecular weight is 362 g/mol. The predicted octanol–water partition coefficient (Wildman–Crippen LogP) is 3.34. The van der Waals surface area contributed by atoms with Crippen LogP contribution in [-0.2, 0) is 16.0 Å². The minimum absolute atomic E-state index is 0.00220. The van der Waals surface area contributed by atoms with E-state index in [0.717, 1.165) is 11.3 Å². The minimum atomic E-state index is -0.866. The molecule has 0 aromatic heterocycles. The lowest BCUT2D eigenvalue weighted by atomic mass is 10.1. The molecule has 7 heteroatoms. The molecule has 1 aromatic carbocycles. The van der Waals surface area contributed by atoms with Crippen LogP contribution in [0.4, 0.5) is 0 Å². The molecule has 0 bridgehead atoms. The number of aryl methyl sites for hydroxylation is 1. The van der Waals surface area contributed by atoms with E-state index in [1.165, 1.54) is 0 Å². The quantitative estimate of drug-likeness (QED) is 0.873. The van der Waals surface area contributed by atoms with E-state index < -0.39 is 5.97 Å². The van der Waals surface area contributed by atoms with Crippen molar-refractivity contribution in [2.75, 3.05) is 18.1 Å². The maximum atomic E-state index is 12.4. The average Bonchev–Trinajstić information content (AvgIpc) is 2.48. The van der Waals surface area contributed by atoms with E-state index >= 15 is 0 Å². The molecule has 1 aliphatic rings. The Bertz CT molecular complexity index is 568. The number of amides is 1. The van der Waals surface area contributed by atoms with E-state index in [9.17, 15) is 9.59 Å². The first-order valence-electron chi connectivity index (χ1n) is 7.00. The highest BCUT2D eigenvalue weighted by Crippen LogP contribution is 2.24. The molecular formula is C15H17Cl2NO3S. The van der Waals surface area contributed by atoms with Gasteiger partial charge in [0.1, 0.15) is 0 Å². The molecule has 1 heterocycles. The summed E-state index contributed by atoms with van der Waals surface area (Å²) in [5.74, 6) is 0.673. The molecule has 1 aliphatic heterocycles. The molecule has 1 amide bonds. The minimum Gasteiger partial charge on any atom is -0.481 e. The van der Waals surface area contributed by atoms with Gasteiger partial charge in [-0.05, 0) is 24.1 Å². The maximum absolute atomic E-state index is 12.4. The molecule has 2 rings (SSSR count). The first-order valence-corrected chi connectivity index (χ1v) is 8.91. The van der Waals surface area contributed by atoms with Crippen molar-refractivity contribution in [3.63, 3.8) is 0 Å². The van der Waals surface area contributed by atoms with Crippen LogP contribution in [-0.4, -0.2) is 46.0 Å². The third-order valence-corrected chi connectivity index (χ3v) is 5.40. The Morgan fingerprint density at radius 2 is 2.09 bits per heavy atom. The van der Waals surface area contributed by atoms with Crippen LogP contribution in [0.1, 0.15) is 18.4 Å². The standard InChI is InChI=1S/C15H17Cl2NO3S/c16-12-3-1-10(7-13(12)17)2-4-14(19)18-5-6-22-9-11(18)8-15(20)21/h1,3,7,11H,2,4-6,8-9H2,(H,20,21). The second-order valence-electron chi connectivity index (χ2n) is 5.16. The lowest BCUT2D eigenvalue weighted by molar-refractivity contribution is -0.140. The Kier molecular flexibility index (Phi) is 6.41. The summed E-state index contributed by atoms with van der Waals surface area (Å²) < 4.78 is 0. The molecule has 0 radical (unpaired) electrons. The summed E-state index contributed by atoms with van der Waals surface area (Å²) in [6.45, 7) is 0.614. The Morgan fingerprint density at radius 3 is 2.77 bits per heavy atom. The molecule has 1 saturated heterocycles. The molecule has 1 unspecified atom stereocenters. The number of carboxylic acid groups (broad SMARTS) is 1. The number of benzene rings is 1. The second-order valence-corrected chi connectivity index (χ2v) is 7.13. The molecule has 120 valence electrons. The van der Waals surface area contributed by atoms with E-state index in [0.29, 0.717) is 35.2 Å². The summed E-state index contributed by atoms with van der Waals surface area (Å²) in [6, 6.07) is 5.12. The van der Waals surface area contributed by atoms with Gasteiger partial charge in [-0.15, -0.1) is 0 Å². The number of hydrogen-bond donors (Lipinski definition) is 1. The molecular weight excluding hydrogens is 345 g/mol. The van der Waals surface area contributed by atoms with Crippen molar-refractivity contribution >= 4 is 46.8 Å². The molecule has 0 saturated carbocycles. The van der Waals surface area contributed by atoms with Crippen LogP contribution in [0.5, 0.6) is 0 Å². The van der Waals surface area contributed by atoms with E-state index in [1.807, 2.05) is 6.07 Å². The molecule has 4 nitrogen and oxygen atoms in total.